The molecule has 3 nitrogen and oxygen atoms in total. The molecule has 0 bridgehead atoms. The first-order valence-electron chi connectivity index (χ1n) is 8.05. The van der Waals surface area contributed by atoms with Crippen molar-refractivity contribution < 1.29 is 9.59 Å². The predicted octanol–water partition coefficient (Wildman–Crippen LogP) is 4.52. The van der Waals surface area contributed by atoms with Gasteiger partial charge in [-0.1, -0.05) is 58.3 Å². The van der Waals surface area contributed by atoms with E-state index in [4.69, 9.17) is 0 Å². The molecule has 0 saturated carbocycles. The highest BCUT2D eigenvalue weighted by Crippen LogP contribution is 2.10. The third-order valence-electron chi connectivity index (χ3n) is 3.26. The van der Waals surface area contributed by atoms with Crippen molar-refractivity contribution in [2.45, 2.75) is 85.0 Å². The van der Waals surface area contributed by atoms with Crippen LogP contribution in [0.25, 0.3) is 0 Å². The van der Waals surface area contributed by atoms with Crippen LogP contribution in [0.2, 0.25) is 0 Å². The van der Waals surface area contributed by atoms with Crippen LogP contribution in [0.1, 0.15) is 85.0 Å². The van der Waals surface area contributed by atoms with E-state index in [1.807, 2.05) is 0 Å². The molecular weight excluding hydrogens is 250 g/mol. The number of allylic oxidation sites excluding steroid dienone is 2. The van der Waals surface area contributed by atoms with Crippen molar-refractivity contribution in [1.82, 2.24) is 5.32 Å². The van der Waals surface area contributed by atoms with E-state index in [-0.39, 0.29) is 11.7 Å². The predicted molar refractivity (Wildman–Crippen MR) is 84.4 cm³/mol. The summed E-state index contributed by atoms with van der Waals surface area (Å²) in [6, 6.07) is 0. The lowest BCUT2D eigenvalue weighted by atomic mass is 10.1. The maximum atomic E-state index is 11.6. The minimum Gasteiger partial charge on any atom is -0.330 e. The molecule has 0 atom stereocenters. The molecule has 116 valence electrons. The highest BCUT2D eigenvalue weighted by molar-refractivity contribution is 5.89. The average molecular weight is 281 g/mol. The van der Waals surface area contributed by atoms with Gasteiger partial charge in [-0.15, -0.1) is 0 Å². The molecule has 0 spiro atoms. The second-order valence-corrected chi connectivity index (χ2v) is 5.56. The Kier molecular flexibility index (Phi) is 12.2. The highest BCUT2D eigenvalue weighted by Gasteiger charge is 2.02. The van der Waals surface area contributed by atoms with E-state index in [9.17, 15) is 9.59 Å². The van der Waals surface area contributed by atoms with E-state index in [2.05, 4.69) is 12.2 Å². The fourth-order valence-electron chi connectivity index (χ4n) is 2.22. The van der Waals surface area contributed by atoms with Crippen LogP contribution in [0.4, 0.5) is 0 Å². The molecule has 0 heterocycles. The summed E-state index contributed by atoms with van der Waals surface area (Å²) in [6.45, 7) is 5.46. The minimum atomic E-state index is -0.0362. The van der Waals surface area contributed by atoms with Crippen LogP contribution < -0.4 is 5.32 Å². The highest BCUT2D eigenvalue weighted by atomic mass is 16.1. The summed E-state index contributed by atoms with van der Waals surface area (Å²) in [7, 11) is 0. The summed E-state index contributed by atoms with van der Waals surface area (Å²) in [5, 5.41) is 2.74. The molecule has 0 aliphatic rings. The molecule has 1 amide bonds. The number of hydrogen-bond donors (Lipinski definition) is 1. The van der Waals surface area contributed by atoms with Gasteiger partial charge in [-0.25, -0.2) is 0 Å². The first kappa shape index (κ1) is 18.9. The fraction of sp³-hybridized carbons (Fsp3) is 0.765. The first-order chi connectivity index (χ1) is 9.56. The summed E-state index contributed by atoms with van der Waals surface area (Å²) in [5.41, 5.74) is 0.637. The Balaban J connectivity index is 3.42. The van der Waals surface area contributed by atoms with Crippen molar-refractivity contribution in [3.8, 4) is 0 Å². The monoisotopic (exact) mass is 281 g/mol. The van der Waals surface area contributed by atoms with Crippen molar-refractivity contribution >= 4 is 11.7 Å². The van der Waals surface area contributed by atoms with Crippen molar-refractivity contribution in [2.24, 2.45) is 0 Å². The summed E-state index contributed by atoms with van der Waals surface area (Å²) in [4.78, 5) is 22.4. The van der Waals surface area contributed by atoms with Gasteiger partial charge in [0.15, 0.2) is 5.78 Å². The number of carbonyl (C=O) groups excluding carboxylic acids is 2. The molecule has 0 aromatic rings. The van der Waals surface area contributed by atoms with E-state index >= 15 is 0 Å². The van der Waals surface area contributed by atoms with Crippen LogP contribution in [0.5, 0.6) is 0 Å². The molecule has 0 saturated heterocycles. The Labute approximate surface area is 124 Å². The summed E-state index contributed by atoms with van der Waals surface area (Å²) in [6.07, 6.45) is 13.3. The summed E-state index contributed by atoms with van der Waals surface area (Å²) < 4.78 is 0. The van der Waals surface area contributed by atoms with Crippen LogP contribution in [-0.4, -0.2) is 11.7 Å². The molecule has 0 aliphatic heterocycles. The number of ketones is 1. The van der Waals surface area contributed by atoms with Gasteiger partial charge < -0.3 is 5.32 Å². The Hall–Kier alpha value is -1.12. The van der Waals surface area contributed by atoms with E-state index in [1.165, 1.54) is 57.9 Å². The number of rotatable bonds is 12. The molecule has 3 heteroatoms. The molecule has 0 aromatic carbocycles. The normalized spacial score (nSPS) is 11.4. The van der Waals surface area contributed by atoms with Gasteiger partial charge in [-0.2, -0.15) is 0 Å². The van der Waals surface area contributed by atoms with E-state index < -0.39 is 0 Å². The van der Waals surface area contributed by atoms with Crippen LogP contribution in [0.3, 0.4) is 0 Å². The van der Waals surface area contributed by atoms with Crippen LogP contribution >= 0.6 is 0 Å². The fourth-order valence-corrected chi connectivity index (χ4v) is 2.22. The average Bonchev–Trinajstić information content (AvgIpc) is 2.35. The molecule has 0 fully saturated rings. The van der Waals surface area contributed by atoms with E-state index in [1.54, 1.807) is 6.92 Å². The zero-order valence-electron chi connectivity index (χ0n) is 13.5. The second-order valence-electron chi connectivity index (χ2n) is 5.56. The zero-order valence-corrected chi connectivity index (χ0v) is 13.5. The zero-order chi connectivity index (χ0) is 15.2. The molecular formula is C17H31NO2. The maximum Gasteiger partial charge on any atom is 0.224 e. The maximum absolute atomic E-state index is 11.6. The largest absolute Gasteiger partial charge is 0.330 e. The van der Waals surface area contributed by atoms with Crippen LogP contribution in [0, 0.1) is 0 Å². The Morgan fingerprint density at radius 1 is 0.850 bits per heavy atom. The number of nitrogens with one attached hydrogen (secondary N) is 1. The second kappa shape index (κ2) is 12.9. The quantitative estimate of drug-likeness (QED) is 0.422. The Bertz CT molecular complexity index is 308. The lowest BCUT2D eigenvalue weighted by Crippen LogP contribution is -2.21. The molecule has 0 radical (unpaired) electrons. The van der Waals surface area contributed by atoms with Gasteiger partial charge in [-0.05, 0) is 26.3 Å². The first-order valence-corrected chi connectivity index (χ1v) is 8.05. The van der Waals surface area contributed by atoms with Crippen LogP contribution in [-0.2, 0) is 9.59 Å². The summed E-state index contributed by atoms with van der Waals surface area (Å²) in [5.74, 6) is -0.0196. The van der Waals surface area contributed by atoms with Gasteiger partial charge in [0.25, 0.3) is 0 Å². The van der Waals surface area contributed by atoms with Gasteiger partial charge in [0.1, 0.15) is 0 Å². The lowest BCUT2D eigenvalue weighted by molar-refractivity contribution is -0.120. The van der Waals surface area contributed by atoms with Crippen LogP contribution in [0.15, 0.2) is 11.8 Å². The number of hydrogen-bond acceptors (Lipinski definition) is 2. The van der Waals surface area contributed by atoms with Crippen molar-refractivity contribution in [2.75, 3.05) is 0 Å². The number of carbonyl (C=O) groups is 2. The molecule has 0 aliphatic carbocycles. The van der Waals surface area contributed by atoms with Crippen molar-refractivity contribution in [3.05, 3.63) is 11.8 Å². The Morgan fingerprint density at radius 2 is 1.35 bits per heavy atom. The van der Waals surface area contributed by atoms with E-state index in [0.717, 1.165) is 12.8 Å². The third-order valence-corrected chi connectivity index (χ3v) is 3.26. The lowest BCUT2D eigenvalue weighted by Gasteiger charge is -2.05. The molecule has 1 N–H and O–H groups in total. The van der Waals surface area contributed by atoms with Gasteiger partial charge in [-0.3, -0.25) is 9.59 Å². The summed E-state index contributed by atoms with van der Waals surface area (Å²) >= 11 is 0. The SMILES string of the molecule is CCCCCCCCCCCC(=O)NC(C)=CC(C)=O. The smallest absolute Gasteiger partial charge is 0.224 e. The topological polar surface area (TPSA) is 46.2 Å². The number of unbranched alkanes of at least 4 members (excludes halogenated alkanes) is 8. The van der Waals surface area contributed by atoms with E-state index in [0.29, 0.717) is 12.1 Å². The Morgan fingerprint density at radius 3 is 1.85 bits per heavy atom. The number of amides is 1. The molecule has 0 rings (SSSR count). The van der Waals surface area contributed by atoms with Crippen molar-refractivity contribution in [3.63, 3.8) is 0 Å². The van der Waals surface area contributed by atoms with Gasteiger partial charge in [0.05, 0.1) is 0 Å². The van der Waals surface area contributed by atoms with Gasteiger partial charge >= 0.3 is 0 Å². The molecule has 0 aromatic heterocycles. The molecule has 0 unspecified atom stereocenters. The standard InChI is InChI=1S/C17H31NO2/c1-4-5-6-7-8-9-10-11-12-13-17(20)18-15(2)14-16(3)19/h14H,4-13H2,1-3H3,(H,18,20). The molecule has 20 heavy (non-hydrogen) atoms. The van der Waals surface area contributed by atoms with Crippen molar-refractivity contribution in [1.29, 1.82) is 0 Å². The minimum absolute atomic E-state index is 0.0166. The van der Waals surface area contributed by atoms with Gasteiger partial charge in [0, 0.05) is 12.1 Å². The third kappa shape index (κ3) is 13.3. The van der Waals surface area contributed by atoms with Gasteiger partial charge in [0.2, 0.25) is 5.91 Å².